The highest BCUT2D eigenvalue weighted by atomic mass is 16.5. The highest BCUT2D eigenvalue weighted by Crippen LogP contribution is 2.40. The topological polar surface area (TPSA) is 58.4 Å². The molecule has 24 heavy (non-hydrogen) atoms. The molecule has 0 radical (unpaired) electrons. The molecule has 6 heteroatoms. The zero-order chi connectivity index (χ0) is 16.9. The maximum atomic E-state index is 5.52. The first kappa shape index (κ1) is 15.9. The van der Waals surface area contributed by atoms with E-state index in [9.17, 15) is 0 Å². The Labute approximate surface area is 140 Å². The number of hydrogen-bond donors (Lipinski definition) is 0. The number of benzene rings is 1. The molecule has 0 N–H and O–H groups in total. The van der Waals surface area contributed by atoms with Crippen molar-refractivity contribution in [2.24, 2.45) is 0 Å². The molecular weight excluding hydrogens is 306 g/mol. The van der Waals surface area contributed by atoms with Crippen molar-refractivity contribution in [3.63, 3.8) is 0 Å². The molecule has 0 atom stereocenters. The molecular formula is C18H19N3O3. The number of methoxy groups -OCH3 is 3. The molecule has 6 nitrogen and oxygen atoms in total. The first-order valence-electron chi connectivity index (χ1n) is 7.47. The van der Waals surface area contributed by atoms with Gasteiger partial charge in [-0.2, -0.15) is 5.10 Å². The number of pyridine rings is 1. The third kappa shape index (κ3) is 3.03. The van der Waals surface area contributed by atoms with E-state index in [1.165, 1.54) is 0 Å². The number of hydrogen-bond acceptors (Lipinski definition) is 5. The van der Waals surface area contributed by atoms with Gasteiger partial charge in [0.25, 0.3) is 0 Å². The maximum absolute atomic E-state index is 5.52. The normalized spacial score (nSPS) is 10.5. The van der Waals surface area contributed by atoms with Gasteiger partial charge in [0.05, 0.1) is 34.1 Å². The lowest BCUT2D eigenvalue weighted by atomic mass is 10.1. The van der Waals surface area contributed by atoms with Gasteiger partial charge in [0.15, 0.2) is 11.5 Å². The average molecular weight is 325 g/mol. The third-order valence-corrected chi connectivity index (χ3v) is 3.75. The average Bonchev–Trinajstić information content (AvgIpc) is 3.10. The molecule has 1 aromatic carbocycles. The molecule has 0 bridgehead atoms. The molecule has 0 spiro atoms. The molecule has 3 aromatic rings. The van der Waals surface area contributed by atoms with Gasteiger partial charge in [0, 0.05) is 35.3 Å². The van der Waals surface area contributed by atoms with Crippen LogP contribution in [0.4, 0.5) is 0 Å². The Balaban J connectivity index is 1.90. The summed E-state index contributed by atoms with van der Waals surface area (Å²) in [6, 6.07) is 7.73. The first-order valence-corrected chi connectivity index (χ1v) is 7.47. The summed E-state index contributed by atoms with van der Waals surface area (Å²) in [6.45, 7) is 0.559. The number of ether oxygens (including phenoxy) is 3. The van der Waals surface area contributed by atoms with Crippen LogP contribution >= 0.6 is 0 Å². The summed E-state index contributed by atoms with van der Waals surface area (Å²) in [5.74, 6) is 1.86. The van der Waals surface area contributed by atoms with E-state index >= 15 is 0 Å². The van der Waals surface area contributed by atoms with Crippen LogP contribution in [-0.4, -0.2) is 36.1 Å². The molecule has 2 aromatic heterocycles. The summed E-state index contributed by atoms with van der Waals surface area (Å²) >= 11 is 0. The zero-order valence-corrected chi connectivity index (χ0v) is 13.9. The monoisotopic (exact) mass is 325 g/mol. The summed E-state index contributed by atoms with van der Waals surface area (Å²) in [4.78, 5) is 4.14. The van der Waals surface area contributed by atoms with E-state index in [0.29, 0.717) is 23.8 Å². The Morgan fingerprint density at radius 2 is 1.75 bits per heavy atom. The second kappa shape index (κ2) is 7.04. The van der Waals surface area contributed by atoms with Crippen LogP contribution in [0.25, 0.3) is 11.1 Å². The lowest BCUT2D eigenvalue weighted by molar-refractivity contribution is 0.321. The van der Waals surface area contributed by atoms with Gasteiger partial charge in [-0.15, -0.1) is 0 Å². The molecule has 0 saturated heterocycles. The van der Waals surface area contributed by atoms with E-state index in [2.05, 4.69) is 10.1 Å². The molecule has 2 heterocycles. The summed E-state index contributed by atoms with van der Waals surface area (Å²) in [5.41, 5.74) is 3.00. The third-order valence-electron chi connectivity index (χ3n) is 3.75. The summed E-state index contributed by atoms with van der Waals surface area (Å²) in [7, 11) is 4.81. The van der Waals surface area contributed by atoms with E-state index in [1.54, 1.807) is 27.5 Å². The number of aromatic nitrogens is 3. The Hall–Kier alpha value is -3.02. The quantitative estimate of drug-likeness (QED) is 0.697. The van der Waals surface area contributed by atoms with E-state index < -0.39 is 0 Å². The highest BCUT2D eigenvalue weighted by Gasteiger charge is 2.16. The molecule has 0 aliphatic rings. The lowest BCUT2D eigenvalue weighted by Gasteiger charge is -2.15. The molecule has 0 fully saturated rings. The summed E-state index contributed by atoms with van der Waals surface area (Å²) in [5, 5.41) is 4.42. The predicted molar refractivity (Wildman–Crippen MR) is 90.7 cm³/mol. The minimum Gasteiger partial charge on any atom is -0.493 e. The van der Waals surface area contributed by atoms with Crippen LogP contribution in [0.2, 0.25) is 0 Å². The molecule has 3 rings (SSSR count). The second-order valence-corrected chi connectivity index (χ2v) is 5.16. The summed E-state index contributed by atoms with van der Waals surface area (Å²) < 4.78 is 18.1. The van der Waals surface area contributed by atoms with Crippen LogP contribution in [0.5, 0.6) is 17.2 Å². The van der Waals surface area contributed by atoms with Crippen molar-refractivity contribution in [2.45, 2.75) is 6.54 Å². The standard InChI is InChI=1S/C18H19N3O3/c1-22-16-7-6-14(17(23-2)18(16)24-3)11-21-12-15(10-20-21)13-5-4-8-19-9-13/h4-10,12H,11H2,1-3H3. The lowest BCUT2D eigenvalue weighted by Crippen LogP contribution is -2.04. The van der Waals surface area contributed by atoms with E-state index in [1.807, 2.05) is 47.5 Å². The van der Waals surface area contributed by atoms with Crippen molar-refractivity contribution in [3.05, 3.63) is 54.6 Å². The smallest absolute Gasteiger partial charge is 0.203 e. The largest absolute Gasteiger partial charge is 0.493 e. The fourth-order valence-corrected chi connectivity index (χ4v) is 2.59. The Bertz CT molecular complexity index is 816. The van der Waals surface area contributed by atoms with Gasteiger partial charge in [0.2, 0.25) is 5.75 Å². The van der Waals surface area contributed by atoms with Gasteiger partial charge in [-0.3, -0.25) is 9.67 Å². The fourth-order valence-electron chi connectivity index (χ4n) is 2.59. The fraction of sp³-hybridized carbons (Fsp3) is 0.222. The van der Waals surface area contributed by atoms with Crippen molar-refractivity contribution in [1.82, 2.24) is 14.8 Å². The molecule has 0 amide bonds. The van der Waals surface area contributed by atoms with Crippen LogP contribution < -0.4 is 14.2 Å². The van der Waals surface area contributed by atoms with Crippen molar-refractivity contribution in [2.75, 3.05) is 21.3 Å². The van der Waals surface area contributed by atoms with Crippen LogP contribution in [-0.2, 0) is 6.54 Å². The Morgan fingerprint density at radius 1 is 0.917 bits per heavy atom. The first-order chi connectivity index (χ1) is 11.8. The van der Waals surface area contributed by atoms with Crippen molar-refractivity contribution < 1.29 is 14.2 Å². The molecule has 0 aliphatic heterocycles. The molecule has 0 aliphatic carbocycles. The molecule has 0 saturated carbocycles. The van der Waals surface area contributed by atoms with Crippen LogP contribution in [0.3, 0.4) is 0 Å². The van der Waals surface area contributed by atoms with Crippen LogP contribution in [0.15, 0.2) is 49.1 Å². The number of rotatable bonds is 6. The van der Waals surface area contributed by atoms with Gasteiger partial charge < -0.3 is 14.2 Å². The predicted octanol–water partition coefficient (Wildman–Crippen LogP) is 3.02. The van der Waals surface area contributed by atoms with E-state index in [0.717, 1.165) is 16.7 Å². The summed E-state index contributed by atoms with van der Waals surface area (Å²) in [6.07, 6.45) is 7.37. The SMILES string of the molecule is COc1ccc(Cn2cc(-c3cccnc3)cn2)c(OC)c1OC. The van der Waals surface area contributed by atoms with E-state index in [-0.39, 0.29) is 0 Å². The highest BCUT2D eigenvalue weighted by molar-refractivity contribution is 5.60. The molecule has 0 unspecified atom stereocenters. The van der Waals surface area contributed by atoms with Crippen LogP contribution in [0.1, 0.15) is 5.56 Å². The second-order valence-electron chi connectivity index (χ2n) is 5.16. The minimum atomic E-state index is 0.559. The van der Waals surface area contributed by atoms with Crippen molar-refractivity contribution in [1.29, 1.82) is 0 Å². The Morgan fingerprint density at radius 3 is 2.42 bits per heavy atom. The van der Waals surface area contributed by atoms with Crippen LogP contribution in [0, 0.1) is 0 Å². The maximum Gasteiger partial charge on any atom is 0.203 e. The van der Waals surface area contributed by atoms with Crippen molar-refractivity contribution >= 4 is 0 Å². The molecule has 124 valence electrons. The number of nitrogens with zero attached hydrogens (tertiary/aromatic N) is 3. The minimum absolute atomic E-state index is 0.559. The van der Waals surface area contributed by atoms with Gasteiger partial charge in [-0.05, 0) is 18.2 Å². The van der Waals surface area contributed by atoms with Gasteiger partial charge >= 0.3 is 0 Å². The Kier molecular flexibility index (Phi) is 4.65. The van der Waals surface area contributed by atoms with Gasteiger partial charge in [-0.25, -0.2) is 0 Å². The van der Waals surface area contributed by atoms with E-state index in [4.69, 9.17) is 14.2 Å². The van der Waals surface area contributed by atoms with Crippen molar-refractivity contribution in [3.8, 4) is 28.4 Å². The van der Waals surface area contributed by atoms with Gasteiger partial charge in [0.1, 0.15) is 0 Å². The zero-order valence-electron chi connectivity index (χ0n) is 13.9. The van der Waals surface area contributed by atoms with Gasteiger partial charge in [-0.1, -0.05) is 6.07 Å².